The molecule has 1 aliphatic carbocycles. The van der Waals surface area contributed by atoms with Crippen LogP contribution in [0.25, 0.3) is 11.4 Å². The fourth-order valence-corrected chi connectivity index (χ4v) is 2.55. The van der Waals surface area contributed by atoms with Crippen LogP contribution in [0.4, 0.5) is 11.5 Å². The SMILES string of the molecule is Nc1nc(-c2ccccc2[N+](=O)[O-])nc(C2CC2)c1Br. The first-order chi connectivity index (χ1) is 9.58. The number of hydrogen-bond donors (Lipinski definition) is 1. The predicted molar refractivity (Wildman–Crippen MR) is 78.2 cm³/mol. The van der Waals surface area contributed by atoms with E-state index in [-0.39, 0.29) is 5.69 Å². The number of nitrogens with zero attached hydrogens (tertiary/aromatic N) is 3. The Balaban J connectivity index is 2.18. The number of nitrogen functional groups attached to an aromatic ring is 1. The van der Waals surface area contributed by atoms with Gasteiger partial charge in [-0.2, -0.15) is 0 Å². The Bertz CT molecular complexity index is 701. The van der Waals surface area contributed by atoms with E-state index < -0.39 is 4.92 Å². The molecule has 0 atom stereocenters. The third-order valence-corrected chi connectivity index (χ3v) is 4.02. The Morgan fingerprint density at radius 2 is 2.00 bits per heavy atom. The van der Waals surface area contributed by atoms with Gasteiger partial charge in [0, 0.05) is 12.0 Å². The third kappa shape index (κ3) is 2.24. The minimum absolute atomic E-state index is 0.0176. The van der Waals surface area contributed by atoms with Crippen molar-refractivity contribution in [1.29, 1.82) is 0 Å². The van der Waals surface area contributed by atoms with Crippen molar-refractivity contribution in [3.8, 4) is 11.4 Å². The van der Waals surface area contributed by atoms with E-state index in [9.17, 15) is 10.1 Å². The summed E-state index contributed by atoms with van der Waals surface area (Å²) in [6, 6.07) is 6.41. The Kier molecular flexibility index (Phi) is 3.13. The highest BCUT2D eigenvalue weighted by Crippen LogP contribution is 2.44. The van der Waals surface area contributed by atoms with E-state index in [0.717, 1.165) is 18.5 Å². The number of nitro groups is 1. The summed E-state index contributed by atoms with van der Waals surface area (Å²) in [6.07, 6.45) is 2.12. The topological polar surface area (TPSA) is 94.9 Å². The fourth-order valence-electron chi connectivity index (χ4n) is 2.05. The molecule has 1 aliphatic rings. The second-order valence-corrected chi connectivity index (χ2v) is 5.47. The van der Waals surface area contributed by atoms with Gasteiger partial charge < -0.3 is 5.73 Å². The van der Waals surface area contributed by atoms with Crippen molar-refractivity contribution in [3.63, 3.8) is 0 Å². The molecule has 1 aromatic carbocycles. The van der Waals surface area contributed by atoms with Crippen molar-refractivity contribution in [2.75, 3.05) is 5.73 Å². The summed E-state index contributed by atoms with van der Waals surface area (Å²) in [5.74, 6) is 0.992. The van der Waals surface area contributed by atoms with E-state index >= 15 is 0 Å². The molecule has 0 radical (unpaired) electrons. The average Bonchev–Trinajstić information content (AvgIpc) is 3.26. The number of benzene rings is 1. The molecule has 1 aromatic heterocycles. The lowest BCUT2D eigenvalue weighted by atomic mass is 10.1. The highest BCUT2D eigenvalue weighted by atomic mass is 79.9. The molecule has 1 fully saturated rings. The third-order valence-electron chi connectivity index (χ3n) is 3.21. The summed E-state index contributed by atoms with van der Waals surface area (Å²) in [5, 5.41) is 11.1. The quantitative estimate of drug-likeness (QED) is 0.686. The van der Waals surface area contributed by atoms with E-state index in [2.05, 4.69) is 25.9 Å². The summed E-state index contributed by atoms with van der Waals surface area (Å²) in [6.45, 7) is 0. The summed E-state index contributed by atoms with van der Waals surface area (Å²) in [4.78, 5) is 19.3. The number of para-hydroxylation sites is 1. The van der Waals surface area contributed by atoms with Crippen LogP contribution in [-0.2, 0) is 0 Å². The van der Waals surface area contributed by atoms with Crippen LogP contribution in [-0.4, -0.2) is 14.9 Å². The van der Waals surface area contributed by atoms with Gasteiger partial charge in [-0.3, -0.25) is 10.1 Å². The molecule has 2 aromatic rings. The predicted octanol–water partition coefficient (Wildman–Crippen LogP) is 3.27. The summed E-state index contributed by atoms with van der Waals surface area (Å²) >= 11 is 3.39. The molecular weight excluding hydrogens is 324 g/mol. The first kappa shape index (κ1) is 13.0. The lowest BCUT2D eigenvalue weighted by molar-refractivity contribution is -0.384. The molecule has 0 saturated heterocycles. The second-order valence-electron chi connectivity index (χ2n) is 4.68. The van der Waals surface area contributed by atoms with Crippen molar-refractivity contribution < 1.29 is 4.92 Å². The molecule has 0 bridgehead atoms. The van der Waals surface area contributed by atoms with Gasteiger partial charge in [-0.05, 0) is 34.8 Å². The molecule has 3 rings (SSSR count). The average molecular weight is 335 g/mol. The highest BCUT2D eigenvalue weighted by molar-refractivity contribution is 9.10. The van der Waals surface area contributed by atoms with Gasteiger partial charge in [0.15, 0.2) is 5.82 Å². The fraction of sp³-hybridized carbons (Fsp3) is 0.231. The van der Waals surface area contributed by atoms with Crippen molar-refractivity contribution >= 4 is 27.4 Å². The van der Waals surface area contributed by atoms with Crippen molar-refractivity contribution in [2.24, 2.45) is 0 Å². The molecule has 0 aliphatic heterocycles. The zero-order chi connectivity index (χ0) is 14.3. The zero-order valence-corrected chi connectivity index (χ0v) is 12.0. The standard InChI is InChI=1S/C13H11BrN4O2/c14-10-11(7-5-6-7)16-13(17-12(10)15)8-3-1-2-4-9(8)18(19)20/h1-4,7H,5-6H2,(H2,15,16,17). The molecule has 1 heterocycles. The number of nitro benzene ring substituents is 1. The molecule has 0 amide bonds. The van der Waals surface area contributed by atoms with E-state index in [1.54, 1.807) is 18.2 Å². The van der Waals surface area contributed by atoms with Gasteiger partial charge in [-0.1, -0.05) is 12.1 Å². The van der Waals surface area contributed by atoms with E-state index in [0.29, 0.717) is 27.6 Å². The molecular formula is C13H11BrN4O2. The van der Waals surface area contributed by atoms with E-state index in [1.807, 2.05) is 0 Å². The largest absolute Gasteiger partial charge is 0.383 e. The number of nitrogens with two attached hydrogens (primary N) is 1. The van der Waals surface area contributed by atoms with Crippen LogP contribution in [0, 0.1) is 10.1 Å². The monoisotopic (exact) mass is 334 g/mol. The molecule has 7 heteroatoms. The number of aromatic nitrogens is 2. The Morgan fingerprint density at radius 3 is 2.65 bits per heavy atom. The van der Waals surface area contributed by atoms with Crippen LogP contribution in [0.5, 0.6) is 0 Å². The maximum atomic E-state index is 11.1. The molecule has 0 spiro atoms. The van der Waals surface area contributed by atoms with Crippen LogP contribution < -0.4 is 5.73 Å². The molecule has 6 nitrogen and oxygen atoms in total. The van der Waals surface area contributed by atoms with E-state index in [4.69, 9.17) is 5.73 Å². The Morgan fingerprint density at radius 1 is 1.30 bits per heavy atom. The normalized spacial score (nSPS) is 14.2. The zero-order valence-electron chi connectivity index (χ0n) is 10.4. The Labute approximate surface area is 123 Å². The maximum Gasteiger partial charge on any atom is 0.280 e. The number of rotatable bonds is 3. The van der Waals surface area contributed by atoms with Gasteiger partial charge in [-0.25, -0.2) is 9.97 Å². The van der Waals surface area contributed by atoms with Crippen molar-refractivity contribution in [3.05, 3.63) is 44.5 Å². The van der Waals surface area contributed by atoms with Crippen LogP contribution >= 0.6 is 15.9 Å². The molecule has 2 N–H and O–H groups in total. The lowest BCUT2D eigenvalue weighted by Gasteiger charge is -2.08. The van der Waals surface area contributed by atoms with Gasteiger partial charge in [0.05, 0.1) is 20.7 Å². The lowest BCUT2D eigenvalue weighted by Crippen LogP contribution is -2.03. The summed E-state index contributed by atoms with van der Waals surface area (Å²) < 4.78 is 0.697. The van der Waals surface area contributed by atoms with Crippen LogP contribution in [0.15, 0.2) is 28.7 Å². The summed E-state index contributed by atoms with van der Waals surface area (Å²) in [5.41, 5.74) is 7.09. The van der Waals surface area contributed by atoms with Crippen LogP contribution in [0.1, 0.15) is 24.5 Å². The summed E-state index contributed by atoms with van der Waals surface area (Å²) in [7, 11) is 0. The number of halogens is 1. The van der Waals surface area contributed by atoms with E-state index in [1.165, 1.54) is 6.07 Å². The van der Waals surface area contributed by atoms with Gasteiger partial charge in [0.2, 0.25) is 0 Å². The molecule has 1 saturated carbocycles. The minimum atomic E-state index is -0.437. The maximum absolute atomic E-state index is 11.1. The van der Waals surface area contributed by atoms with Gasteiger partial charge in [-0.15, -0.1) is 0 Å². The first-order valence-electron chi connectivity index (χ1n) is 6.14. The molecule has 0 unspecified atom stereocenters. The van der Waals surface area contributed by atoms with Gasteiger partial charge in [0.25, 0.3) is 5.69 Å². The number of anilines is 1. The molecule has 102 valence electrons. The first-order valence-corrected chi connectivity index (χ1v) is 6.94. The smallest absolute Gasteiger partial charge is 0.280 e. The van der Waals surface area contributed by atoms with Gasteiger partial charge >= 0.3 is 0 Å². The van der Waals surface area contributed by atoms with Crippen LogP contribution in [0.2, 0.25) is 0 Å². The van der Waals surface area contributed by atoms with Crippen molar-refractivity contribution in [1.82, 2.24) is 9.97 Å². The highest BCUT2D eigenvalue weighted by Gasteiger charge is 2.30. The molecule has 20 heavy (non-hydrogen) atoms. The second kappa shape index (κ2) is 4.82. The minimum Gasteiger partial charge on any atom is -0.383 e. The Hall–Kier alpha value is -2.02. The van der Waals surface area contributed by atoms with Crippen LogP contribution in [0.3, 0.4) is 0 Å². The van der Waals surface area contributed by atoms with Crippen molar-refractivity contribution in [2.45, 2.75) is 18.8 Å². The number of hydrogen-bond acceptors (Lipinski definition) is 5. The van der Waals surface area contributed by atoms with Gasteiger partial charge in [0.1, 0.15) is 5.82 Å².